The number of nitrogens with zero attached hydrogens (tertiary/aromatic N) is 2. The molecule has 0 radical (unpaired) electrons. The molecule has 1 aliphatic rings. The van der Waals surface area contributed by atoms with Crippen LogP contribution in [0.4, 0.5) is 5.69 Å². The lowest BCUT2D eigenvalue weighted by molar-refractivity contribution is -0.117. The van der Waals surface area contributed by atoms with Crippen LogP contribution in [-0.2, 0) is 17.6 Å². The van der Waals surface area contributed by atoms with E-state index >= 15 is 0 Å². The van der Waals surface area contributed by atoms with Gasteiger partial charge in [0.05, 0.1) is 12.5 Å². The van der Waals surface area contributed by atoms with Crippen LogP contribution < -0.4 is 10.6 Å². The zero-order valence-corrected chi connectivity index (χ0v) is 8.94. The van der Waals surface area contributed by atoms with E-state index in [1.807, 2.05) is 24.3 Å². The van der Waals surface area contributed by atoms with Gasteiger partial charge >= 0.3 is 0 Å². The molecule has 0 unspecified atom stereocenters. The van der Waals surface area contributed by atoms with Crippen LogP contribution in [0.1, 0.15) is 11.1 Å². The van der Waals surface area contributed by atoms with Gasteiger partial charge in [0.2, 0.25) is 5.91 Å². The van der Waals surface area contributed by atoms with E-state index in [0.717, 1.165) is 23.2 Å². The fraction of sp³-hybridized carbons (Fsp3) is 0.333. The Balaban J connectivity index is 2.31. The topological polar surface area (TPSA) is 70.1 Å². The highest BCUT2D eigenvalue weighted by molar-refractivity contribution is 6.01. The molecule has 4 nitrogen and oxygen atoms in total. The second-order valence-corrected chi connectivity index (χ2v) is 3.82. The fourth-order valence-electron chi connectivity index (χ4n) is 2.00. The lowest BCUT2D eigenvalue weighted by Crippen LogP contribution is -2.26. The van der Waals surface area contributed by atoms with Crippen molar-refractivity contribution in [3.63, 3.8) is 0 Å². The van der Waals surface area contributed by atoms with Gasteiger partial charge in [-0.2, -0.15) is 5.26 Å². The van der Waals surface area contributed by atoms with Gasteiger partial charge in [-0.15, -0.1) is 0 Å². The predicted octanol–water partition coefficient (Wildman–Crippen LogP) is 0.600. The maximum Gasteiger partial charge on any atom is 0.232 e. The number of carbonyl (C=O) groups excluding carboxylic acids is 1. The summed E-state index contributed by atoms with van der Waals surface area (Å²) in [6, 6.07) is 7.89. The van der Waals surface area contributed by atoms with Gasteiger partial charge in [0.1, 0.15) is 6.54 Å². The third-order valence-corrected chi connectivity index (χ3v) is 2.74. The Hall–Kier alpha value is -1.86. The number of carbonyl (C=O) groups is 1. The fourth-order valence-corrected chi connectivity index (χ4v) is 2.00. The average Bonchev–Trinajstić information content (AvgIpc) is 2.56. The summed E-state index contributed by atoms with van der Waals surface area (Å²) in [7, 11) is 0. The Morgan fingerprint density at radius 3 is 3.00 bits per heavy atom. The van der Waals surface area contributed by atoms with Crippen LogP contribution in [0.3, 0.4) is 0 Å². The van der Waals surface area contributed by atoms with Crippen LogP contribution in [0.5, 0.6) is 0 Å². The van der Waals surface area contributed by atoms with Crippen molar-refractivity contribution in [3.05, 3.63) is 29.3 Å². The number of benzene rings is 1. The van der Waals surface area contributed by atoms with Crippen LogP contribution >= 0.6 is 0 Å². The van der Waals surface area contributed by atoms with E-state index in [9.17, 15) is 4.79 Å². The molecule has 0 aliphatic carbocycles. The van der Waals surface area contributed by atoms with Crippen LogP contribution in [0.15, 0.2) is 18.2 Å². The Kier molecular flexibility index (Phi) is 2.88. The standard InChI is InChI=1S/C12H13N3O/c13-4-3-9-1-2-11-10(7-9)8-12(16)15(11)6-5-14/h1-2,7H,3-4,6,8,13H2. The molecule has 0 fully saturated rings. The van der Waals surface area contributed by atoms with Gasteiger partial charge in [-0.05, 0) is 30.2 Å². The zero-order chi connectivity index (χ0) is 11.5. The molecule has 0 saturated carbocycles. The molecule has 2 rings (SSSR count). The van der Waals surface area contributed by atoms with E-state index in [-0.39, 0.29) is 12.5 Å². The average molecular weight is 215 g/mol. The summed E-state index contributed by atoms with van der Waals surface area (Å²) in [6.45, 7) is 0.733. The molecule has 0 aromatic heterocycles. The van der Waals surface area contributed by atoms with E-state index < -0.39 is 0 Å². The minimum Gasteiger partial charge on any atom is -0.330 e. The van der Waals surface area contributed by atoms with Gasteiger partial charge in [0.25, 0.3) is 0 Å². The molecule has 0 atom stereocenters. The molecule has 1 aromatic rings. The number of nitriles is 1. The van der Waals surface area contributed by atoms with Gasteiger partial charge in [-0.25, -0.2) is 0 Å². The SMILES string of the molecule is N#CCN1C(=O)Cc2cc(CCN)ccc21. The van der Waals surface area contributed by atoms with E-state index in [2.05, 4.69) is 0 Å². The van der Waals surface area contributed by atoms with E-state index in [4.69, 9.17) is 11.0 Å². The predicted molar refractivity (Wildman–Crippen MR) is 60.9 cm³/mol. The largest absolute Gasteiger partial charge is 0.330 e. The highest BCUT2D eigenvalue weighted by Crippen LogP contribution is 2.29. The summed E-state index contributed by atoms with van der Waals surface area (Å²) in [5, 5.41) is 8.65. The Morgan fingerprint density at radius 1 is 1.50 bits per heavy atom. The molecular weight excluding hydrogens is 202 g/mol. The normalized spacial score (nSPS) is 13.8. The van der Waals surface area contributed by atoms with Gasteiger partial charge in [-0.3, -0.25) is 9.69 Å². The summed E-state index contributed by atoms with van der Waals surface area (Å²) in [5.74, 6) is 0.00134. The van der Waals surface area contributed by atoms with Crippen molar-refractivity contribution in [1.29, 1.82) is 5.26 Å². The van der Waals surface area contributed by atoms with Crippen LogP contribution in [0.2, 0.25) is 0 Å². The maximum absolute atomic E-state index is 11.6. The third kappa shape index (κ3) is 1.77. The highest BCUT2D eigenvalue weighted by atomic mass is 16.2. The van der Waals surface area contributed by atoms with Gasteiger partial charge in [0.15, 0.2) is 0 Å². The minimum absolute atomic E-state index is 0.00134. The number of hydrogen-bond acceptors (Lipinski definition) is 3. The lowest BCUT2D eigenvalue weighted by Gasteiger charge is -2.13. The van der Waals surface area contributed by atoms with Crippen molar-refractivity contribution in [2.45, 2.75) is 12.8 Å². The van der Waals surface area contributed by atoms with Crippen molar-refractivity contribution in [2.24, 2.45) is 5.73 Å². The number of rotatable bonds is 3. The molecule has 1 aromatic carbocycles. The molecule has 0 bridgehead atoms. The Bertz CT molecular complexity index is 462. The molecule has 2 N–H and O–H groups in total. The Morgan fingerprint density at radius 2 is 2.31 bits per heavy atom. The van der Waals surface area contributed by atoms with E-state index in [1.165, 1.54) is 4.90 Å². The van der Waals surface area contributed by atoms with Crippen molar-refractivity contribution >= 4 is 11.6 Å². The second-order valence-electron chi connectivity index (χ2n) is 3.82. The smallest absolute Gasteiger partial charge is 0.232 e. The van der Waals surface area contributed by atoms with Crippen LogP contribution in [0, 0.1) is 11.3 Å². The molecule has 16 heavy (non-hydrogen) atoms. The minimum atomic E-state index is 0.00134. The Labute approximate surface area is 94.3 Å². The third-order valence-electron chi connectivity index (χ3n) is 2.74. The second kappa shape index (κ2) is 4.33. The van der Waals surface area contributed by atoms with Gasteiger partial charge in [0, 0.05) is 5.69 Å². The summed E-state index contributed by atoms with van der Waals surface area (Å²) in [6.07, 6.45) is 1.22. The molecule has 1 heterocycles. The van der Waals surface area contributed by atoms with E-state index in [1.54, 1.807) is 0 Å². The highest BCUT2D eigenvalue weighted by Gasteiger charge is 2.26. The van der Waals surface area contributed by atoms with Crippen molar-refractivity contribution in [1.82, 2.24) is 0 Å². The summed E-state index contributed by atoms with van der Waals surface area (Å²) < 4.78 is 0. The first kappa shape index (κ1) is 10.7. The molecule has 82 valence electrons. The lowest BCUT2D eigenvalue weighted by atomic mass is 10.1. The van der Waals surface area contributed by atoms with Crippen LogP contribution in [-0.4, -0.2) is 19.0 Å². The molecule has 0 saturated heterocycles. The first-order valence-electron chi connectivity index (χ1n) is 5.25. The van der Waals surface area contributed by atoms with Crippen LogP contribution in [0.25, 0.3) is 0 Å². The van der Waals surface area contributed by atoms with Crippen molar-refractivity contribution < 1.29 is 4.79 Å². The number of fused-ring (bicyclic) bond motifs is 1. The number of nitrogens with two attached hydrogens (primary N) is 1. The number of hydrogen-bond donors (Lipinski definition) is 1. The molecule has 0 spiro atoms. The van der Waals surface area contributed by atoms with Crippen molar-refractivity contribution in [3.8, 4) is 6.07 Å². The van der Waals surface area contributed by atoms with Crippen molar-refractivity contribution in [2.75, 3.05) is 18.0 Å². The van der Waals surface area contributed by atoms with E-state index in [0.29, 0.717) is 13.0 Å². The quantitative estimate of drug-likeness (QED) is 0.750. The van der Waals surface area contributed by atoms with Gasteiger partial charge in [-0.1, -0.05) is 12.1 Å². The molecule has 1 amide bonds. The number of amides is 1. The summed E-state index contributed by atoms with van der Waals surface area (Å²) in [4.78, 5) is 13.2. The first-order valence-corrected chi connectivity index (χ1v) is 5.25. The first-order chi connectivity index (χ1) is 7.76. The van der Waals surface area contributed by atoms with Gasteiger partial charge < -0.3 is 5.73 Å². The maximum atomic E-state index is 11.6. The summed E-state index contributed by atoms with van der Waals surface area (Å²) >= 11 is 0. The molecule has 4 heteroatoms. The molecular formula is C12H13N3O. The summed E-state index contributed by atoms with van der Waals surface area (Å²) in [5.41, 5.74) is 8.51. The monoisotopic (exact) mass is 215 g/mol. The number of anilines is 1. The molecule has 1 aliphatic heterocycles. The zero-order valence-electron chi connectivity index (χ0n) is 8.94.